The molecule has 0 saturated carbocycles. The van der Waals surface area contributed by atoms with E-state index in [0.29, 0.717) is 38.9 Å². The van der Waals surface area contributed by atoms with Crippen molar-refractivity contribution in [2.75, 3.05) is 19.6 Å². The predicted molar refractivity (Wildman–Crippen MR) is 54.9 cm³/mol. The second-order valence-corrected chi connectivity index (χ2v) is 3.33. The van der Waals surface area contributed by atoms with E-state index in [1.165, 1.54) is 0 Å². The van der Waals surface area contributed by atoms with E-state index in [1.807, 2.05) is 0 Å². The van der Waals surface area contributed by atoms with Crippen molar-refractivity contribution in [1.29, 1.82) is 0 Å². The summed E-state index contributed by atoms with van der Waals surface area (Å²) in [5.74, 6) is 0. The molecule has 0 aliphatic rings. The molecule has 0 aliphatic heterocycles. The third-order valence-electron chi connectivity index (χ3n) is 2.24. The van der Waals surface area contributed by atoms with Crippen molar-refractivity contribution < 1.29 is 9.90 Å². The molecule has 0 heterocycles. The van der Waals surface area contributed by atoms with Crippen LogP contribution in [0.2, 0.25) is 0 Å². The van der Waals surface area contributed by atoms with Gasteiger partial charge in [-0.3, -0.25) is 0 Å². The van der Waals surface area contributed by atoms with Gasteiger partial charge in [-0.05, 0) is 38.9 Å². The lowest BCUT2D eigenvalue weighted by Crippen LogP contribution is -2.51. The summed E-state index contributed by atoms with van der Waals surface area (Å²) in [6.45, 7) is 1.25. The van der Waals surface area contributed by atoms with Crippen LogP contribution in [-0.4, -0.2) is 36.4 Å². The van der Waals surface area contributed by atoms with Crippen molar-refractivity contribution in [2.45, 2.75) is 24.8 Å². The van der Waals surface area contributed by atoms with E-state index in [2.05, 4.69) is 5.32 Å². The Bertz CT molecular complexity index is 158. The zero-order valence-electron chi connectivity index (χ0n) is 8.33. The fraction of sp³-hybridized carbons (Fsp3) is 0.875. The van der Waals surface area contributed by atoms with Gasteiger partial charge in [-0.25, -0.2) is 4.79 Å². The van der Waals surface area contributed by atoms with E-state index in [1.54, 1.807) is 0 Å². The van der Waals surface area contributed by atoms with Crippen molar-refractivity contribution in [3.8, 4) is 0 Å². The van der Waals surface area contributed by atoms with Crippen molar-refractivity contribution in [3.05, 3.63) is 0 Å². The highest BCUT2D eigenvalue weighted by Crippen LogP contribution is 2.18. The second kappa shape index (κ2) is 6.58. The van der Waals surface area contributed by atoms with E-state index >= 15 is 0 Å². The lowest BCUT2D eigenvalue weighted by atomic mass is 9.87. The largest absolute Gasteiger partial charge is 0.465 e. The van der Waals surface area contributed by atoms with Gasteiger partial charge in [0.1, 0.15) is 0 Å². The number of hydrogen-bond acceptors (Lipinski definition) is 4. The molecular weight excluding hydrogens is 184 g/mol. The van der Waals surface area contributed by atoms with Crippen molar-refractivity contribution >= 4 is 6.09 Å². The van der Waals surface area contributed by atoms with Gasteiger partial charge in [0.25, 0.3) is 0 Å². The molecule has 8 N–H and O–H groups in total. The maximum Gasteiger partial charge on any atom is 0.405 e. The van der Waals surface area contributed by atoms with Crippen molar-refractivity contribution in [1.82, 2.24) is 5.32 Å². The van der Waals surface area contributed by atoms with Gasteiger partial charge in [-0.1, -0.05) is 0 Å². The molecule has 1 amide bonds. The second-order valence-electron chi connectivity index (χ2n) is 3.33. The first-order valence-electron chi connectivity index (χ1n) is 4.71. The third kappa shape index (κ3) is 4.40. The van der Waals surface area contributed by atoms with Gasteiger partial charge in [0.05, 0.1) is 0 Å². The molecule has 84 valence electrons. The van der Waals surface area contributed by atoms with E-state index in [4.69, 9.17) is 22.3 Å². The highest BCUT2D eigenvalue weighted by molar-refractivity contribution is 5.65. The van der Waals surface area contributed by atoms with Crippen LogP contribution >= 0.6 is 0 Å². The molecule has 14 heavy (non-hydrogen) atoms. The molecule has 0 saturated heterocycles. The highest BCUT2D eigenvalue weighted by Gasteiger charge is 2.29. The summed E-state index contributed by atoms with van der Waals surface area (Å²) in [6, 6.07) is 0. The molecule has 0 aromatic heterocycles. The summed E-state index contributed by atoms with van der Waals surface area (Å²) in [6.07, 6.45) is 0.634. The molecule has 6 nitrogen and oxygen atoms in total. The minimum atomic E-state index is -1.06. The van der Waals surface area contributed by atoms with Crippen LogP contribution in [0.5, 0.6) is 0 Å². The quantitative estimate of drug-likeness (QED) is 0.365. The molecule has 0 unspecified atom stereocenters. The van der Waals surface area contributed by atoms with E-state index in [9.17, 15) is 4.79 Å². The topological polar surface area (TPSA) is 127 Å². The summed E-state index contributed by atoms with van der Waals surface area (Å²) < 4.78 is 0. The molecule has 0 spiro atoms. The Labute approximate surface area is 83.8 Å². The van der Waals surface area contributed by atoms with Crippen LogP contribution < -0.4 is 22.5 Å². The van der Waals surface area contributed by atoms with E-state index < -0.39 is 11.6 Å². The van der Waals surface area contributed by atoms with Gasteiger partial charge in [0.2, 0.25) is 0 Å². The Morgan fingerprint density at radius 1 is 1.07 bits per heavy atom. The fourth-order valence-electron chi connectivity index (χ4n) is 1.62. The number of carboxylic acid groups (broad SMARTS) is 1. The van der Waals surface area contributed by atoms with Gasteiger partial charge in [0, 0.05) is 5.54 Å². The van der Waals surface area contributed by atoms with Gasteiger partial charge in [-0.15, -0.1) is 0 Å². The van der Waals surface area contributed by atoms with Gasteiger partial charge < -0.3 is 27.6 Å². The van der Waals surface area contributed by atoms with Crippen LogP contribution in [0.3, 0.4) is 0 Å². The molecule has 0 aliphatic carbocycles. The monoisotopic (exact) mass is 204 g/mol. The van der Waals surface area contributed by atoms with Crippen LogP contribution in [0.25, 0.3) is 0 Å². The molecule has 0 fully saturated rings. The SMILES string of the molecule is NCCC(CCN)(CCN)NC(=O)O. The van der Waals surface area contributed by atoms with Crippen LogP contribution in [-0.2, 0) is 0 Å². The van der Waals surface area contributed by atoms with Crippen LogP contribution in [0.4, 0.5) is 4.79 Å². The standard InChI is InChI=1S/C8H20N4O2/c9-4-1-8(2-5-10,3-6-11)12-7(13)14/h12H,1-6,9-11H2,(H,13,14). The summed E-state index contributed by atoms with van der Waals surface area (Å²) >= 11 is 0. The van der Waals surface area contributed by atoms with Crippen LogP contribution in [0.1, 0.15) is 19.3 Å². The number of rotatable bonds is 7. The minimum absolute atomic E-state index is 0.417. The Kier molecular flexibility index (Phi) is 6.18. The molecule has 0 atom stereocenters. The summed E-state index contributed by atoms with van der Waals surface area (Å²) in [5, 5.41) is 11.2. The lowest BCUT2D eigenvalue weighted by molar-refractivity contribution is 0.170. The Balaban J connectivity index is 4.45. The summed E-state index contributed by atoms with van der Waals surface area (Å²) in [5.41, 5.74) is 15.8. The number of nitrogens with two attached hydrogens (primary N) is 3. The maximum absolute atomic E-state index is 10.6. The van der Waals surface area contributed by atoms with E-state index in [0.717, 1.165) is 0 Å². The Morgan fingerprint density at radius 3 is 1.64 bits per heavy atom. The zero-order valence-corrected chi connectivity index (χ0v) is 8.33. The number of amides is 1. The lowest BCUT2D eigenvalue weighted by Gasteiger charge is -2.32. The van der Waals surface area contributed by atoms with Crippen LogP contribution in [0.15, 0.2) is 0 Å². The van der Waals surface area contributed by atoms with Gasteiger partial charge >= 0.3 is 6.09 Å². The minimum Gasteiger partial charge on any atom is -0.465 e. The number of carbonyl (C=O) groups is 1. The van der Waals surface area contributed by atoms with Crippen LogP contribution in [0, 0.1) is 0 Å². The Hall–Kier alpha value is -0.850. The number of hydrogen-bond donors (Lipinski definition) is 5. The first-order chi connectivity index (χ1) is 6.60. The molecule has 0 aromatic carbocycles. The normalized spacial score (nSPS) is 11.4. The summed E-state index contributed by atoms with van der Waals surface area (Å²) in [7, 11) is 0. The fourth-order valence-corrected chi connectivity index (χ4v) is 1.62. The number of nitrogens with one attached hydrogen (secondary N) is 1. The summed E-state index contributed by atoms with van der Waals surface area (Å²) in [4.78, 5) is 10.6. The van der Waals surface area contributed by atoms with Crippen molar-refractivity contribution in [3.63, 3.8) is 0 Å². The molecule has 0 rings (SSSR count). The highest BCUT2D eigenvalue weighted by atomic mass is 16.4. The first-order valence-corrected chi connectivity index (χ1v) is 4.71. The Morgan fingerprint density at radius 2 is 1.43 bits per heavy atom. The molecular formula is C8H20N4O2. The molecule has 0 bridgehead atoms. The predicted octanol–water partition coefficient (Wildman–Crippen LogP) is -0.961. The van der Waals surface area contributed by atoms with Gasteiger partial charge in [0.15, 0.2) is 0 Å². The third-order valence-corrected chi connectivity index (χ3v) is 2.24. The zero-order chi connectivity index (χ0) is 11.0. The smallest absolute Gasteiger partial charge is 0.405 e. The average Bonchev–Trinajstić information content (AvgIpc) is 2.03. The maximum atomic E-state index is 10.6. The molecule has 0 radical (unpaired) electrons. The van der Waals surface area contributed by atoms with Gasteiger partial charge in [-0.2, -0.15) is 0 Å². The van der Waals surface area contributed by atoms with Crippen molar-refractivity contribution in [2.24, 2.45) is 17.2 Å². The molecule has 6 heteroatoms. The first kappa shape index (κ1) is 13.2. The average molecular weight is 204 g/mol. The molecule has 0 aromatic rings. The van der Waals surface area contributed by atoms with E-state index in [-0.39, 0.29) is 0 Å².